The van der Waals surface area contributed by atoms with Gasteiger partial charge in [-0.15, -0.1) is 0 Å². The number of nitrogens with zero attached hydrogens (tertiary/aromatic N) is 2. The summed E-state index contributed by atoms with van der Waals surface area (Å²) in [5.74, 6) is 0.313. The van der Waals surface area contributed by atoms with Gasteiger partial charge >= 0.3 is 0 Å². The minimum atomic E-state index is -0.217. The molecule has 2 heterocycles. The van der Waals surface area contributed by atoms with Crippen molar-refractivity contribution in [1.29, 1.82) is 0 Å². The van der Waals surface area contributed by atoms with E-state index in [1.165, 1.54) is 0 Å². The summed E-state index contributed by atoms with van der Waals surface area (Å²) < 4.78 is 5.34. The molecule has 0 bridgehead atoms. The summed E-state index contributed by atoms with van der Waals surface area (Å²) >= 11 is 12.4. The van der Waals surface area contributed by atoms with Crippen LogP contribution in [-0.4, -0.2) is 54.4 Å². The number of ether oxygens (including phenoxy) is 1. The zero-order chi connectivity index (χ0) is 19.7. The SMILES string of the molecule is O=C1COc2ccc(C(=O)N3CCN(Cc4cccc(Cl)c4Cl)CC3)cc2N1. The number of carbonyl (C=O) groups is 2. The quantitative estimate of drug-likeness (QED) is 0.828. The van der Waals surface area contributed by atoms with Crippen molar-refractivity contribution in [2.24, 2.45) is 0 Å². The molecule has 2 aliphatic rings. The molecule has 0 spiro atoms. The van der Waals surface area contributed by atoms with Gasteiger partial charge in [0, 0.05) is 38.3 Å². The monoisotopic (exact) mass is 419 g/mol. The van der Waals surface area contributed by atoms with Crippen molar-refractivity contribution in [2.45, 2.75) is 6.54 Å². The van der Waals surface area contributed by atoms with Crippen LogP contribution < -0.4 is 10.1 Å². The molecule has 2 amide bonds. The first kappa shape index (κ1) is 19.1. The van der Waals surface area contributed by atoms with Crippen LogP contribution in [0.4, 0.5) is 5.69 Å². The van der Waals surface area contributed by atoms with Gasteiger partial charge in [-0.1, -0.05) is 35.3 Å². The zero-order valence-corrected chi connectivity index (χ0v) is 16.6. The molecular weight excluding hydrogens is 401 g/mol. The number of piperazine rings is 1. The number of hydrogen-bond donors (Lipinski definition) is 1. The Morgan fingerprint density at radius 2 is 1.89 bits per heavy atom. The molecule has 146 valence electrons. The minimum absolute atomic E-state index is 0.00110. The van der Waals surface area contributed by atoms with Crippen molar-refractivity contribution in [2.75, 3.05) is 38.1 Å². The first-order valence-corrected chi connectivity index (χ1v) is 9.78. The molecule has 1 N–H and O–H groups in total. The highest BCUT2D eigenvalue weighted by Crippen LogP contribution is 2.29. The molecule has 0 saturated carbocycles. The van der Waals surface area contributed by atoms with Crippen LogP contribution >= 0.6 is 23.2 Å². The van der Waals surface area contributed by atoms with Gasteiger partial charge in [-0.2, -0.15) is 0 Å². The van der Waals surface area contributed by atoms with Crippen LogP contribution in [0.1, 0.15) is 15.9 Å². The Kier molecular flexibility index (Phi) is 5.44. The first-order chi connectivity index (χ1) is 13.5. The van der Waals surface area contributed by atoms with Gasteiger partial charge in [0.05, 0.1) is 15.7 Å². The first-order valence-electron chi connectivity index (χ1n) is 9.02. The van der Waals surface area contributed by atoms with Crippen LogP contribution in [0.5, 0.6) is 5.75 Å². The lowest BCUT2D eigenvalue weighted by Gasteiger charge is -2.35. The van der Waals surface area contributed by atoms with Crippen LogP contribution in [0.15, 0.2) is 36.4 Å². The molecule has 0 aliphatic carbocycles. The summed E-state index contributed by atoms with van der Waals surface area (Å²) in [5, 5.41) is 3.87. The number of hydrogen-bond acceptors (Lipinski definition) is 4. The number of carbonyl (C=O) groups excluding carboxylic acids is 2. The van der Waals surface area contributed by atoms with E-state index in [4.69, 9.17) is 27.9 Å². The highest BCUT2D eigenvalue weighted by Gasteiger charge is 2.24. The van der Waals surface area contributed by atoms with E-state index in [2.05, 4.69) is 10.2 Å². The average molecular weight is 420 g/mol. The fraction of sp³-hybridized carbons (Fsp3) is 0.300. The van der Waals surface area contributed by atoms with Crippen molar-refractivity contribution < 1.29 is 14.3 Å². The molecule has 2 aliphatic heterocycles. The van der Waals surface area contributed by atoms with Gasteiger partial charge in [-0.05, 0) is 29.8 Å². The molecule has 0 unspecified atom stereocenters. The normalized spacial score (nSPS) is 16.9. The van der Waals surface area contributed by atoms with Gasteiger partial charge in [0.25, 0.3) is 11.8 Å². The minimum Gasteiger partial charge on any atom is -0.482 e. The lowest BCUT2D eigenvalue weighted by atomic mass is 10.1. The number of anilines is 1. The molecule has 1 saturated heterocycles. The van der Waals surface area contributed by atoms with E-state index in [0.717, 1.165) is 18.7 Å². The molecule has 0 aromatic heterocycles. The standard InChI is InChI=1S/C20H19Cl2N3O3/c21-15-3-1-2-14(19(15)22)11-24-6-8-25(9-7-24)20(27)13-4-5-17-16(10-13)23-18(26)12-28-17/h1-5,10H,6-9,11-12H2,(H,23,26). The highest BCUT2D eigenvalue weighted by atomic mass is 35.5. The van der Waals surface area contributed by atoms with Crippen molar-refractivity contribution >= 4 is 40.7 Å². The van der Waals surface area contributed by atoms with Gasteiger partial charge in [-0.25, -0.2) is 0 Å². The number of nitrogens with one attached hydrogen (secondary N) is 1. The van der Waals surface area contributed by atoms with Gasteiger partial charge in [0.15, 0.2) is 6.61 Å². The Labute approximate surface area is 173 Å². The molecule has 4 rings (SSSR count). The molecule has 1 fully saturated rings. The summed E-state index contributed by atoms with van der Waals surface area (Å²) in [6.07, 6.45) is 0. The van der Waals surface area contributed by atoms with Gasteiger partial charge < -0.3 is 15.0 Å². The predicted octanol–water partition coefficient (Wildman–Crippen LogP) is 3.28. The van der Waals surface area contributed by atoms with Crippen LogP contribution in [0.3, 0.4) is 0 Å². The summed E-state index contributed by atoms with van der Waals surface area (Å²) in [6.45, 7) is 3.44. The summed E-state index contributed by atoms with van der Waals surface area (Å²) in [4.78, 5) is 28.4. The van der Waals surface area contributed by atoms with Gasteiger partial charge in [0.1, 0.15) is 5.75 Å². The van der Waals surface area contributed by atoms with E-state index in [1.54, 1.807) is 24.3 Å². The Bertz CT molecular complexity index is 927. The highest BCUT2D eigenvalue weighted by molar-refractivity contribution is 6.42. The third kappa shape index (κ3) is 3.94. The fourth-order valence-electron chi connectivity index (χ4n) is 3.42. The number of benzene rings is 2. The second kappa shape index (κ2) is 7.99. The smallest absolute Gasteiger partial charge is 0.262 e. The number of amides is 2. The summed E-state index contributed by atoms with van der Waals surface area (Å²) in [7, 11) is 0. The van der Waals surface area contributed by atoms with Gasteiger partial charge in [0.2, 0.25) is 0 Å². The number of fused-ring (bicyclic) bond motifs is 1. The average Bonchev–Trinajstić information content (AvgIpc) is 2.71. The van der Waals surface area contributed by atoms with E-state index in [9.17, 15) is 9.59 Å². The van der Waals surface area contributed by atoms with E-state index < -0.39 is 0 Å². The largest absolute Gasteiger partial charge is 0.482 e. The Morgan fingerprint density at radius 1 is 1.11 bits per heavy atom. The summed E-state index contributed by atoms with van der Waals surface area (Å²) in [6, 6.07) is 10.8. The molecule has 28 heavy (non-hydrogen) atoms. The van der Waals surface area contributed by atoms with Crippen LogP contribution in [0, 0.1) is 0 Å². The molecule has 2 aromatic rings. The molecule has 0 atom stereocenters. The van der Waals surface area contributed by atoms with E-state index in [1.807, 2.05) is 17.0 Å². The lowest BCUT2D eigenvalue weighted by Crippen LogP contribution is -2.48. The second-order valence-electron chi connectivity index (χ2n) is 6.83. The predicted molar refractivity (Wildman–Crippen MR) is 108 cm³/mol. The van der Waals surface area contributed by atoms with Crippen LogP contribution in [-0.2, 0) is 11.3 Å². The Balaban J connectivity index is 1.38. The fourth-order valence-corrected chi connectivity index (χ4v) is 3.80. The molecule has 8 heteroatoms. The molecule has 0 radical (unpaired) electrons. The van der Waals surface area contributed by atoms with E-state index >= 15 is 0 Å². The van der Waals surface area contributed by atoms with Crippen molar-refractivity contribution in [1.82, 2.24) is 9.80 Å². The maximum absolute atomic E-state index is 12.8. The number of rotatable bonds is 3. The van der Waals surface area contributed by atoms with Crippen molar-refractivity contribution in [3.05, 3.63) is 57.6 Å². The topological polar surface area (TPSA) is 61.9 Å². The van der Waals surface area contributed by atoms with Crippen LogP contribution in [0.25, 0.3) is 0 Å². The van der Waals surface area contributed by atoms with Crippen LogP contribution in [0.2, 0.25) is 10.0 Å². The zero-order valence-electron chi connectivity index (χ0n) is 15.1. The molecule has 2 aromatic carbocycles. The van der Waals surface area contributed by atoms with E-state index in [0.29, 0.717) is 46.7 Å². The van der Waals surface area contributed by atoms with Gasteiger partial charge in [-0.3, -0.25) is 14.5 Å². The van der Waals surface area contributed by atoms with E-state index in [-0.39, 0.29) is 18.4 Å². The maximum atomic E-state index is 12.8. The Hall–Kier alpha value is -2.28. The third-order valence-corrected chi connectivity index (χ3v) is 5.80. The molecular formula is C20H19Cl2N3O3. The molecule has 6 nitrogen and oxygen atoms in total. The lowest BCUT2D eigenvalue weighted by molar-refractivity contribution is -0.118. The van der Waals surface area contributed by atoms with Crippen molar-refractivity contribution in [3.8, 4) is 5.75 Å². The third-order valence-electron chi connectivity index (χ3n) is 4.94. The van der Waals surface area contributed by atoms with Crippen molar-refractivity contribution in [3.63, 3.8) is 0 Å². The number of halogens is 2. The maximum Gasteiger partial charge on any atom is 0.262 e. The Morgan fingerprint density at radius 3 is 2.68 bits per heavy atom. The summed E-state index contributed by atoms with van der Waals surface area (Å²) in [5.41, 5.74) is 2.06. The second-order valence-corrected chi connectivity index (χ2v) is 7.61.